The first-order valence-electron chi connectivity index (χ1n) is 7.40. The average molecular weight is 407 g/mol. The Hall–Kier alpha value is -1.98. The van der Waals surface area contributed by atoms with E-state index in [-0.39, 0.29) is 0 Å². The summed E-state index contributed by atoms with van der Waals surface area (Å²) in [5, 5.41) is 4.40. The molecule has 0 fully saturated rings. The summed E-state index contributed by atoms with van der Waals surface area (Å²) in [4.78, 5) is 15.6. The molecule has 1 amide bonds. The molecule has 0 radical (unpaired) electrons. The number of anilines is 1. The van der Waals surface area contributed by atoms with Crippen molar-refractivity contribution in [3.05, 3.63) is 41.4 Å². The summed E-state index contributed by atoms with van der Waals surface area (Å²) in [5.41, 5.74) is -1.09. The number of thiazole rings is 1. The second kappa shape index (κ2) is 7.72. The molecule has 1 unspecified atom stereocenters. The Labute approximate surface area is 152 Å². The Morgan fingerprint density at radius 1 is 1.27 bits per heavy atom. The van der Waals surface area contributed by atoms with Crippen molar-refractivity contribution in [1.29, 1.82) is 0 Å². The molecular formula is C15H16F3N3O3S2. The zero-order chi connectivity index (χ0) is 19.5. The molecule has 1 aromatic carbocycles. The summed E-state index contributed by atoms with van der Waals surface area (Å²) in [5.74, 6) is -1.10. The van der Waals surface area contributed by atoms with Crippen LogP contribution in [0.15, 0.2) is 40.7 Å². The lowest BCUT2D eigenvalue weighted by Gasteiger charge is -2.21. The van der Waals surface area contributed by atoms with Crippen molar-refractivity contribution < 1.29 is 26.4 Å². The summed E-state index contributed by atoms with van der Waals surface area (Å²) in [7, 11) is -4.34. The van der Waals surface area contributed by atoms with E-state index in [4.69, 9.17) is 0 Å². The Kier molecular flexibility index (Phi) is 6.04. The van der Waals surface area contributed by atoms with Crippen LogP contribution in [0.4, 0.5) is 18.3 Å². The van der Waals surface area contributed by atoms with Crippen LogP contribution >= 0.6 is 11.3 Å². The summed E-state index contributed by atoms with van der Waals surface area (Å²) in [6.45, 7) is 3.22. The Balaban J connectivity index is 2.25. The molecule has 26 heavy (non-hydrogen) atoms. The molecule has 6 nitrogen and oxygen atoms in total. The Bertz CT molecular complexity index is 866. The van der Waals surface area contributed by atoms with Crippen molar-refractivity contribution in [1.82, 2.24) is 9.71 Å². The number of benzene rings is 1. The van der Waals surface area contributed by atoms with Gasteiger partial charge in [-0.2, -0.15) is 17.9 Å². The molecular weight excluding hydrogens is 391 g/mol. The highest BCUT2D eigenvalue weighted by atomic mass is 32.2. The maximum absolute atomic E-state index is 12.8. The number of alkyl halides is 3. The molecule has 0 bridgehead atoms. The van der Waals surface area contributed by atoms with Gasteiger partial charge in [0.2, 0.25) is 15.9 Å². The van der Waals surface area contributed by atoms with Crippen LogP contribution in [-0.2, 0) is 21.0 Å². The molecule has 2 N–H and O–H groups in total. The monoisotopic (exact) mass is 407 g/mol. The van der Waals surface area contributed by atoms with Crippen LogP contribution in [0.2, 0.25) is 0 Å². The first kappa shape index (κ1) is 20.3. The smallest absolute Gasteiger partial charge is 0.301 e. The highest BCUT2D eigenvalue weighted by Gasteiger charge is 2.33. The number of nitrogens with one attached hydrogen (secondary N) is 2. The van der Waals surface area contributed by atoms with Crippen LogP contribution < -0.4 is 10.0 Å². The summed E-state index contributed by atoms with van der Waals surface area (Å²) >= 11 is 1.15. The van der Waals surface area contributed by atoms with E-state index in [2.05, 4.69) is 15.0 Å². The fourth-order valence-electron chi connectivity index (χ4n) is 2.04. The molecule has 1 heterocycles. The van der Waals surface area contributed by atoms with E-state index in [9.17, 15) is 26.4 Å². The number of halogens is 3. The molecule has 0 aliphatic carbocycles. The van der Waals surface area contributed by atoms with Gasteiger partial charge in [0.15, 0.2) is 5.13 Å². The van der Waals surface area contributed by atoms with Gasteiger partial charge in [0, 0.05) is 11.6 Å². The minimum atomic E-state index is -4.68. The highest BCUT2D eigenvalue weighted by Crippen LogP contribution is 2.30. The predicted molar refractivity (Wildman–Crippen MR) is 91.1 cm³/mol. The number of hydrogen-bond donors (Lipinski definition) is 2. The number of amides is 1. The first-order valence-corrected chi connectivity index (χ1v) is 9.77. The topological polar surface area (TPSA) is 88.2 Å². The summed E-state index contributed by atoms with van der Waals surface area (Å²) in [6, 6.07) is 2.15. The largest absolute Gasteiger partial charge is 0.416 e. The van der Waals surface area contributed by atoms with Crippen molar-refractivity contribution in [2.45, 2.75) is 31.0 Å². The second-order valence-corrected chi connectivity index (χ2v) is 8.30. The number of nitrogens with zero attached hydrogens (tertiary/aromatic N) is 1. The van der Waals surface area contributed by atoms with Gasteiger partial charge in [0.05, 0.1) is 10.5 Å². The van der Waals surface area contributed by atoms with Gasteiger partial charge in [0.25, 0.3) is 0 Å². The molecule has 2 aromatic rings. The van der Waals surface area contributed by atoms with E-state index in [1.807, 2.05) is 0 Å². The minimum absolute atomic E-state index is 0.291. The molecule has 0 aliphatic heterocycles. The standard InChI is InChI=1S/C15H16F3N3O3S2/c1-9(2)12(13(22)20-14-19-6-7-25-14)21-26(23,24)11-5-3-4-10(8-11)15(16,17)18/h3-9,12,21H,1-2H3,(H,19,20,22). The lowest BCUT2D eigenvalue weighted by atomic mass is 10.1. The third kappa shape index (κ3) is 5.02. The number of carbonyl (C=O) groups is 1. The molecule has 0 saturated heterocycles. The molecule has 0 spiro atoms. The van der Waals surface area contributed by atoms with E-state index in [0.717, 1.165) is 29.5 Å². The van der Waals surface area contributed by atoms with Crippen molar-refractivity contribution >= 4 is 32.4 Å². The van der Waals surface area contributed by atoms with Gasteiger partial charge < -0.3 is 5.32 Å². The lowest BCUT2D eigenvalue weighted by molar-refractivity contribution is -0.137. The molecule has 142 valence electrons. The van der Waals surface area contributed by atoms with Crippen molar-refractivity contribution in [2.24, 2.45) is 5.92 Å². The minimum Gasteiger partial charge on any atom is -0.301 e. The summed E-state index contributed by atoms with van der Waals surface area (Å²) in [6.07, 6.45) is -3.21. The lowest BCUT2D eigenvalue weighted by Crippen LogP contribution is -2.47. The van der Waals surface area contributed by atoms with E-state index in [1.165, 1.54) is 6.20 Å². The zero-order valence-electron chi connectivity index (χ0n) is 13.7. The van der Waals surface area contributed by atoms with Crippen LogP contribution in [0.3, 0.4) is 0 Å². The van der Waals surface area contributed by atoms with Crippen molar-refractivity contribution in [3.63, 3.8) is 0 Å². The van der Waals surface area contributed by atoms with Gasteiger partial charge in [-0.05, 0) is 24.1 Å². The number of carbonyl (C=O) groups excluding carboxylic acids is 1. The predicted octanol–water partition coefficient (Wildman–Crippen LogP) is 3.10. The van der Waals surface area contributed by atoms with Crippen LogP contribution in [0, 0.1) is 5.92 Å². The summed E-state index contributed by atoms with van der Waals surface area (Å²) < 4.78 is 65.5. The number of rotatable bonds is 6. The SMILES string of the molecule is CC(C)C(NS(=O)(=O)c1cccc(C(F)(F)F)c1)C(=O)Nc1nccs1. The average Bonchev–Trinajstić information content (AvgIpc) is 3.04. The maximum Gasteiger partial charge on any atom is 0.416 e. The molecule has 0 aliphatic rings. The molecule has 1 atom stereocenters. The number of hydrogen-bond acceptors (Lipinski definition) is 5. The zero-order valence-corrected chi connectivity index (χ0v) is 15.4. The van der Waals surface area contributed by atoms with Crippen LogP contribution in [0.25, 0.3) is 0 Å². The molecule has 1 aromatic heterocycles. The Morgan fingerprint density at radius 3 is 2.50 bits per heavy atom. The fraction of sp³-hybridized carbons (Fsp3) is 0.333. The van der Waals surface area contributed by atoms with Gasteiger partial charge in [-0.25, -0.2) is 13.4 Å². The van der Waals surface area contributed by atoms with E-state index < -0.39 is 44.5 Å². The van der Waals surface area contributed by atoms with Crippen molar-refractivity contribution in [3.8, 4) is 0 Å². The van der Waals surface area contributed by atoms with Gasteiger partial charge in [-0.3, -0.25) is 4.79 Å². The normalized spacial score (nSPS) is 13.6. The molecule has 11 heteroatoms. The van der Waals surface area contributed by atoms with Crippen LogP contribution in [0.1, 0.15) is 19.4 Å². The highest BCUT2D eigenvalue weighted by molar-refractivity contribution is 7.89. The fourth-order valence-corrected chi connectivity index (χ4v) is 3.96. The third-order valence-corrected chi connectivity index (χ3v) is 5.49. The van der Waals surface area contributed by atoms with Crippen LogP contribution in [0.5, 0.6) is 0 Å². The second-order valence-electron chi connectivity index (χ2n) is 5.70. The van der Waals surface area contributed by atoms with Gasteiger partial charge in [-0.1, -0.05) is 19.9 Å². The van der Waals surface area contributed by atoms with E-state index in [1.54, 1.807) is 19.2 Å². The Morgan fingerprint density at radius 2 is 1.96 bits per heavy atom. The number of sulfonamides is 1. The number of aromatic nitrogens is 1. The van der Waals surface area contributed by atoms with Crippen LogP contribution in [-0.4, -0.2) is 25.4 Å². The van der Waals surface area contributed by atoms with Gasteiger partial charge >= 0.3 is 6.18 Å². The van der Waals surface area contributed by atoms with Gasteiger partial charge in [-0.15, -0.1) is 11.3 Å². The third-order valence-electron chi connectivity index (χ3n) is 3.37. The molecule has 2 rings (SSSR count). The van der Waals surface area contributed by atoms with Crippen molar-refractivity contribution in [2.75, 3.05) is 5.32 Å². The van der Waals surface area contributed by atoms with E-state index >= 15 is 0 Å². The maximum atomic E-state index is 12.8. The van der Waals surface area contributed by atoms with E-state index in [0.29, 0.717) is 11.2 Å². The molecule has 0 saturated carbocycles. The quantitative estimate of drug-likeness (QED) is 0.770. The first-order chi connectivity index (χ1) is 12.0. The van der Waals surface area contributed by atoms with Gasteiger partial charge in [0.1, 0.15) is 6.04 Å².